The van der Waals surface area contributed by atoms with Crippen LogP contribution in [0.15, 0.2) is 83.0 Å². The van der Waals surface area contributed by atoms with Gasteiger partial charge in [0, 0.05) is 0 Å². The van der Waals surface area contributed by atoms with Crippen molar-refractivity contribution in [2.45, 2.75) is 13.8 Å². The topological polar surface area (TPSA) is 169 Å². The number of benzene rings is 3. The van der Waals surface area contributed by atoms with Crippen molar-refractivity contribution in [3.8, 4) is 0 Å². The molecule has 0 spiro atoms. The normalized spacial score (nSPS) is 11.5. The Morgan fingerprint density at radius 3 is 1.36 bits per heavy atom. The lowest BCUT2D eigenvalue weighted by Gasteiger charge is -2.08. The van der Waals surface area contributed by atoms with Crippen LogP contribution in [0.3, 0.4) is 0 Å². The van der Waals surface area contributed by atoms with Crippen LogP contribution in [-0.4, -0.2) is 32.8 Å². The van der Waals surface area contributed by atoms with Crippen molar-refractivity contribution in [3.05, 3.63) is 104 Å². The second-order valence-electron chi connectivity index (χ2n) is 7.41. The number of ketones is 2. The molecule has 0 heterocycles. The van der Waals surface area contributed by atoms with Crippen LogP contribution in [0.1, 0.15) is 34.6 Å². The number of nitrogens with zero attached hydrogens (tertiary/aromatic N) is 4. The van der Waals surface area contributed by atoms with Gasteiger partial charge in [-0.1, -0.05) is 36.4 Å². The molecule has 12 nitrogen and oxygen atoms in total. The number of carbonyl (C=O) groups excluding carboxylic acids is 2. The van der Waals surface area contributed by atoms with E-state index in [9.17, 15) is 29.8 Å². The van der Waals surface area contributed by atoms with Crippen LogP contribution in [-0.2, 0) is 0 Å². The number of anilines is 2. The second kappa shape index (κ2) is 11.2. The van der Waals surface area contributed by atoms with Crippen LogP contribution >= 0.6 is 0 Å². The summed E-state index contributed by atoms with van der Waals surface area (Å²) in [7, 11) is 0. The Morgan fingerprint density at radius 1 is 0.667 bits per heavy atom. The molecule has 0 aliphatic rings. The number of carbonyl (C=O) groups is 2. The molecule has 36 heavy (non-hydrogen) atoms. The number of hydrogen-bond donors (Lipinski definition) is 2. The van der Waals surface area contributed by atoms with Crippen molar-refractivity contribution in [3.63, 3.8) is 0 Å². The summed E-state index contributed by atoms with van der Waals surface area (Å²) in [4.78, 5) is 47.5. The van der Waals surface area contributed by atoms with Crippen LogP contribution in [0.4, 0.5) is 22.7 Å². The lowest BCUT2D eigenvalue weighted by molar-refractivity contribution is -0.394. The van der Waals surface area contributed by atoms with Crippen LogP contribution in [0.25, 0.3) is 0 Å². The number of hydrogen-bond acceptors (Lipinski definition) is 10. The van der Waals surface area contributed by atoms with Crippen molar-refractivity contribution in [1.82, 2.24) is 0 Å². The molecule has 182 valence electrons. The molecule has 0 aromatic heterocycles. The second-order valence-corrected chi connectivity index (χ2v) is 7.41. The van der Waals surface area contributed by atoms with Crippen LogP contribution in [0.5, 0.6) is 0 Å². The monoisotopic (exact) mass is 488 g/mol. The van der Waals surface area contributed by atoms with Gasteiger partial charge in [-0.3, -0.25) is 40.7 Å². The van der Waals surface area contributed by atoms with E-state index in [2.05, 4.69) is 21.1 Å². The van der Waals surface area contributed by atoms with Gasteiger partial charge in [0.05, 0.1) is 27.3 Å². The summed E-state index contributed by atoms with van der Waals surface area (Å²) >= 11 is 0. The van der Waals surface area contributed by atoms with E-state index in [1.54, 1.807) is 60.7 Å². The van der Waals surface area contributed by atoms with Crippen molar-refractivity contribution in [2.24, 2.45) is 10.2 Å². The Balaban J connectivity index is 2.01. The van der Waals surface area contributed by atoms with Gasteiger partial charge in [0.25, 0.3) is 11.4 Å². The Labute approximate surface area is 204 Å². The number of nitro groups is 2. The largest absolute Gasteiger partial charge is 0.287 e. The predicted molar refractivity (Wildman–Crippen MR) is 135 cm³/mol. The number of nitrogens with one attached hydrogen (secondary N) is 2. The molecule has 0 unspecified atom stereocenters. The number of rotatable bonds is 10. The molecule has 0 bridgehead atoms. The van der Waals surface area contributed by atoms with Gasteiger partial charge in [-0.15, -0.1) is 0 Å². The minimum Gasteiger partial charge on any atom is -0.287 e. The maximum atomic E-state index is 13.0. The third kappa shape index (κ3) is 5.99. The molecular weight excluding hydrogens is 468 g/mol. The standard InChI is InChI=1S/C24H20N6O6/c1-15(25-27-17-9-5-3-6-10-17)23(31)19-13-20(22(30(35)36)14-21(19)29(33)34)24(32)16(2)26-28-18-11-7-4-8-12-18/h3-14,27-28H,1-2H3/b25-15-,26-16-. The van der Waals surface area contributed by atoms with E-state index in [1.165, 1.54) is 13.8 Å². The average Bonchev–Trinajstić information content (AvgIpc) is 2.89. The van der Waals surface area contributed by atoms with E-state index in [0.717, 1.165) is 6.07 Å². The minimum atomic E-state index is -0.926. The molecule has 3 aromatic carbocycles. The summed E-state index contributed by atoms with van der Waals surface area (Å²) < 4.78 is 0. The number of Topliss-reactive ketones (excluding diaryl/α,β-unsaturated/α-hetero) is 2. The van der Waals surface area contributed by atoms with Crippen molar-refractivity contribution in [2.75, 3.05) is 10.9 Å². The van der Waals surface area contributed by atoms with Gasteiger partial charge in [-0.2, -0.15) is 10.2 Å². The molecule has 0 amide bonds. The van der Waals surface area contributed by atoms with Crippen LogP contribution in [0.2, 0.25) is 0 Å². The van der Waals surface area contributed by atoms with Crippen LogP contribution in [0, 0.1) is 20.2 Å². The fourth-order valence-electron chi connectivity index (χ4n) is 3.06. The first-order valence-electron chi connectivity index (χ1n) is 10.5. The van der Waals surface area contributed by atoms with Crippen LogP contribution < -0.4 is 10.9 Å². The molecule has 12 heteroatoms. The van der Waals surface area contributed by atoms with E-state index in [-0.39, 0.29) is 11.4 Å². The van der Waals surface area contributed by atoms with Crippen molar-refractivity contribution in [1.29, 1.82) is 0 Å². The fourth-order valence-corrected chi connectivity index (χ4v) is 3.06. The van der Waals surface area contributed by atoms with Gasteiger partial charge in [0.15, 0.2) is 0 Å². The zero-order valence-electron chi connectivity index (χ0n) is 19.2. The predicted octanol–water partition coefficient (Wildman–Crippen LogP) is 4.84. The SMILES string of the molecule is C/C(=N/Nc1ccccc1)C(=O)c1cc(C(=O)/C(C)=N\Nc2ccccc2)c([N+](=O)[O-])cc1[N+](=O)[O-]. The molecule has 3 aromatic rings. The van der Waals surface area contributed by atoms with E-state index >= 15 is 0 Å². The van der Waals surface area contributed by atoms with Gasteiger partial charge >= 0.3 is 0 Å². The van der Waals surface area contributed by atoms with E-state index < -0.39 is 43.9 Å². The molecule has 0 atom stereocenters. The Hall–Kier alpha value is -5.26. The van der Waals surface area contributed by atoms with Gasteiger partial charge in [0.2, 0.25) is 11.6 Å². The van der Waals surface area contributed by atoms with Gasteiger partial charge in [-0.25, -0.2) is 0 Å². The fraction of sp³-hybridized carbons (Fsp3) is 0.0833. The number of nitro benzene ring substituents is 2. The third-order valence-corrected chi connectivity index (χ3v) is 4.91. The number of para-hydroxylation sites is 2. The Bertz CT molecular complexity index is 1280. The Kier molecular flexibility index (Phi) is 7.92. The summed E-state index contributed by atoms with van der Waals surface area (Å²) in [6.07, 6.45) is 0. The first-order chi connectivity index (χ1) is 17.2. The molecule has 0 aliphatic heterocycles. The number of hydrazone groups is 2. The first kappa shape index (κ1) is 25.4. The van der Waals surface area contributed by atoms with Crippen molar-refractivity contribution < 1.29 is 19.4 Å². The molecular formula is C24H20N6O6. The molecule has 2 N–H and O–H groups in total. The highest BCUT2D eigenvalue weighted by molar-refractivity contribution is 6.48. The van der Waals surface area contributed by atoms with Gasteiger partial charge in [0.1, 0.15) is 22.6 Å². The highest BCUT2D eigenvalue weighted by atomic mass is 16.6. The zero-order chi connectivity index (χ0) is 26.2. The summed E-state index contributed by atoms with van der Waals surface area (Å²) in [5.74, 6) is -1.77. The van der Waals surface area contributed by atoms with E-state index in [4.69, 9.17) is 0 Å². The summed E-state index contributed by atoms with van der Waals surface area (Å²) in [5.41, 5.74) is 3.43. The van der Waals surface area contributed by atoms with E-state index in [1.807, 2.05) is 0 Å². The quantitative estimate of drug-likeness (QED) is 0.177. The summed E-state index contributed by atoms with van der Waals surface area (Å²) in [6.45, 7) is 2.64. The highest BCUT2D eigenvalue weighted by Crippen LogP contribution is 2.30. The summed E-state index contributed by atoms with van der Waals surface area (Å²) in [5, 5.41) is 31.2. The van der Waals surface area contributed by atoms with Crippen molar-refractivity contribution >= 4 is 45.7 Å². The molecule has 0 fully saturated rings. The summed E-state index contributed by atoms with van der Waals surface area (Å²) in [6, 6.07) is 18.7. The lowest BCUT2D eigenvalue weighted by Crippen LogP contribution is -2.19. The zero-order valence-corrected chi connectivity index (χ0v) is 19.2. The maximum absolute atomic E-state index is 13.0. The lowest BCUT2D eigenvalue weighted by atomic mass is 9.97. The average molecular weight is 488 g/mol. The molecule has 0 saturated carbocycles. The Morgan fingerprint density at radius 2 is 1.03 bits per heavy atom. The molecule has 0 aliphatic carbocycles. The first-order valence-corrected chi connectivity index (χ1v) is 10.5. The van der Waals surface area contributed by atoms with E-state index in [0.29, 0.717) is 17.4 Å². The smallest absolute Gasteiger partial charge is 0.287 e. The third-order valence-electron chi connectivity index (χ3n) is 4.91. The molecule has 0 radical (unpaired) electrons. The maximum Gasteiger partial charge on any atom is 0.287 e. The minimum absolute atomic E-state index is 0.162. The molecule has 3 rings (SSSR count). The van der Waals surface area contributed by atoms with Gasteiger partial charge < -0.3 is 0 Å². The highest BCUT2D eigenvalue weighted by Gasteiger charge is 2.32. The molecule has 0 saturated heterocycles. The van der Waals surface area contributed by atoms with Gasteiger partial charge in [-0.05, 0) is 44.2 Å².